The molecule has 50 heavy (non-hydrogen) atoms. The predicted octanol–water partition coefficient (Wildman–Crippen LogP) is 12.9. The zero-order valence-corrected chi connectivity index (χ0v) is 33.1. The predicted molar refractivity (Wildman–Crippen MR) is 209 cm³/mol. The lowest BCUT2D eigenvalue weighted by Crippen LogP contribution is -2.30. The van der Waals surface area contributed by atoms with Crippen LogP contribution in [0.3, 0.4) is 0 Å². The standard InChI is InChI=1S/C45H76O5/c1-6-7-8-9-10-11-12-16-19-22-25-37(3)42-31-32-44(50-42)43(48-35-39-27-29-41(47-5)30-28-39)26-23-20-17-14-13-15-18-21-24-36(2)33-40-34-38(4)49-45(40)46/h27-30,34,36-38,42-44H,6-26,31-33,35H2,1-5H3/t36-,37?,38-,42?,43-,44-/m1/s1. The van der Waals surface area contributed by atoms with Gasteiger partial charge < -0.3 is 18.9 Å². The number of ether oxygens (including phenoxy) is 4. The zero-order chi connectivity index (χ0) is 35.8. The molecule has 0 aromatic heterocycles. The van der Waals surface area contributed by atoms with Gasteiger partial charge in [-0.2, -0.15) is 0 Å². The number of esters is 1. The average molecular weight is 697 g/mol. The molecule has 0 radical (unpaired) electrons. The molecule has 0 N–H and O–H groups in total. The van der Waals surface area contributed by atoms with Crippen molar-refractivity contribution in [2.75, 3.05) is 7.11 Å². The number of carbonyl (C=O) groups excluding carboxylic acids is 1. The minimum Gasteiger partial charge on any atom is -0.497 e. The topological polar surface area (TPSA) is 54.0 Å². The highest BCUT2D eigenvalue weighted by Gasteiger charge is 2.34. The third-order valence-electron chi connectivity index (χ3n) is 11.3. The molecule has 286 valence electrons. The van der Waals surface area contributed by atoms with Gasteiger partial charge in [-0.3, -0.25) is 0 Å². The molecule has 5 heteroatoms. The lowest BCUT2D eigenvalue weighted by atomic mass is 9.94. The third kappa shape index (κ3) is 17.6. The second-order valence-electron chi connectivity index (χ2n) is 16.0. The first-order chi connectivity index (χ1) is 24.4. The first-order valence-electron chi connectivity index (χ1n) is 21.2. The van der Waals surface area contributed by atoms with Crippen molar-refractivity contribution in [3.05, 3.63) is 41.5 Å². The molecular weight excluding hydrogens is 620 g/mol. The zero-order valence-electron chi connectivity index (χ0n) is 33.1. The highest BCUT2D eigenvalue weighted by molar-refractivity contribution is 5.90. The van der Waals surface area contributed by atoms with Gasteiger partial charge in [0.1, 0.15) is 11.9 Å². The molecule has 3 rings (SSSR count). The summed E-state index contributed by atoms with van der Waals surface area (Å²) in [5.41, 5.74) is 2.08. The largest absolute Gasteiger partial charge is 0.497 e. The molecule has 5 nitrogen and oxygen atoms in total. The van der Waals surface area contributed by atoms with Gasteiger partial charge in [0.25, 0.3) is 0 Å². The van der Waals surface area contributed by atoms with Crippen LogP contribution in [-0.4, -0.2) is 37.5 Å². The van der Waals surface area contributed by atoms with Gasteiger partial charge >= 0.3 is 5.97 Å². The van der Waals surface area contributed by atoms with Gasteiger partial charge in [0.2, 0.25) is 0 Å². The van der Waals surface area contributed by atoms with E-state index in [1.54, 1.807) is 7.11 Å². The monoisotopic (exact) mass is 697 g/mol. The van der Waals surface area contributed by atoms with Crippen molar-refractivity contribution < 1.29 is 23.7 Å². The molecule has 1 aromatic carbocycles. The molecule has 1 aromatic rings. The molecular formula is C45H76O5. The molecule has 2 aliphatic rings. The van der Waals surface area contributed by atoms with E-state index in [2.05, 4.69) is 32.9 Å². The molecule has 2 unspecified atom stereocenters. The van der Waals surface area contributed by atoms with E-state index in [-0.39, 0.29) is 24.3 Å². The Hall–Kier alpha value is -1.85. The second-order valence-corrected chi connectivity index (χ2v) is 16.0. The van der Waals surface area contributed by atoms with Gasteiger partial charge in [-0.1, -0.05) is 155 Å². The highest BCUT2D eigenvalue weighted by Crippen LogP contribution is 2.33. The van der Waals surface area contributed by atoms with E-state index in [1.165, 1.54) is 140 Å². The summed E-state index contributed by atoms with van der Waals surface area (Å²) in [5, 5.41) is 0. The van der Waals surface area contributed by atoms with Crippen LogP contribution in [0.1, 0.15) is 187 Å². The highest BCUT2D eigenvalue weighted by atomic mass is 16.6. The van der Waals surface area contributed by atoms with Gasteiger partial charge in [0, 0.05) is 5.57 Å². The Morgan fingerprint density at radius 3 is 1.82 bits per heavy atom. The van der Waals surface area contributed by atoms with Gasteiger partial charge in [0.15, 0.2) is 0 Å². The maximum atomic E-state index is 11.9. The lowest BCUT2D eigenvalue weighted by molar-refractivity contribution is -0.139. The first-order valence-corrected chi connectivity index (χ1v) is 21.2. The van der Waals surface area contributed by atoms with Gasteiger partial charge in [-0.15, -0.1) is 0 Å². The fourth-order valence-electron chi connectivity index (χ4n) is 7.98. The first kappa shape index (κ1) is 42.6. The van der Waals surface area contributed by atoms with Crippen LogP contribution >= 0.6 is 0 Å². The Kier molecular flexibility index (Phi) is 22.1. The molecule has 0 saturated carbocycles. The van der Waals surface area contributed by atoms with Crippen molar-refractivity contribution in [3.63, 3.8) is 0 Å². The summed E-state index contributed by atoms with van der Waals surface area (Å²) >= 11 is 0. The minimum absolute atomic E-state index is 0.0522. The van der Waals surface area contributed by atoms with Crippen molar-refractivity contribution in [1.82, 2.24) is 0 Å². The Morgan fingerprint density at radius 1 is 0.720 bits per heavy atom. The maximum Gasteiger partial charge on any atom is 0.334 e. The van der Waals surface area contributed by atoms with Crippen molar-refractivity contribution in [1.29, 1.82) is 0 Å². The molecule has 0 spiro atoms. The van der Waals surface area contributed by atoms with Gasteiger partial charge in [0.05, 0.1) is 32.0 Å². The second kappa shape index (κ2) is 26.0. The summed E-state index contributed by atoms with van der Waals surface area (Å²) in [6.45, 7) is 9.55. The Morgan fingerprint density at radius 2 is 1.26 bits per heavy atom. The van der Waals surface area contributed by atoms with Crippen LogP contribution in [0.4, 0.5) is 0 Å². The molecule has 0 aliphatic carbocycles. The summed E-state index contributed by atoms with van der Waals surface area (Å²) in [4.78, 5) is 11.9. The van der Waals surface area contributed by atoms with Crippen LogP contribution in [0.2, 0.25) is 0 Å². The molecule has 1 fully saturated rings. The number of rotatable bonds is 30. The van der Waals surface area contributed by atoms with Crippen molar-refractivity contribution in [3.8, 4) is 5.75 Å². The molecule has 2 aliphatic heterocycles. The minimum atomic E-state index is -0.108. The number of cyclic esters (lactones) is 1. The summed E-state index contributed by atoms with van der Waals surface area (Å²) in [5.74, 6) is 1.96. The van der Waals surface area contributed by atoms with Gasteiger partial charge in [-0.25, -0.2) is 4.79 Å². The van der Waals surface area contributed by atoms with Gasteiger partial charge in [-0.05, 0) is 74.6 Å². The van der Waals surface area contributed by atoms with Crippen LogP contribution in [0, 0.1) is 11.8 Å². The van der Waals surface area contributed by atoms with E-state index in [0.29, 0.717) is 24.5 Å². The molecule has 6 atom stereocenters. The third-order valence-corrected chi connectivity index (χ3v) is 11.3. The lowest BCUT2D eigenvalue weighted by Gasteiger charge is -2.26. The number of carbonyl (C=O) groups is 1. The van der Waals surface area contributed by atoms with E-state index in [4.69, 9.17) is 18.9 Å². The number of hydrogen-bond donors (Lipinski definition) is 0. The van der Waals surface area contributed by atoms with E-state index in [0.717, 1.165) is 30.6 Å². The molecule has 0 bridgehead atoms. The summed E-state index contributed by atoms with van der Waals surface area (Å²) in [7, 11) is 1.71. The van der Waals surface area contributed by atoms with Crippen LogP contribution in [0.15, 0.2) is 35.9 Å². The van der Waals surface area contributed by atoms with E-state index < -0.39 is 0 Å². The molecule has 2 heterocycles. The number of unbranched alkanes of at least 4 members (excludes halogenated alkanes) is 16. The Balaban J connectivity index is 1.29. The SMILES string of the molecule is CCCCCCCCCCCCC(C)C1CC[C@H]([C@@H](CCCCCCCCCC[C@@H](C)CC2=C[C@@H](C)OC2=O)OCc2ccc(OC)cc2)O1. The molecule has 0 amide bonds. The summed E-state index contributed by atoms with van der Waals surface area (Å²) in [6, 6.07) is 8.29. The number of hydrogen-bond acceptors (Lipinski definition) is 5. The quantitative estimate of drug-likeness (QED) is 0.0592. The van der Waals surface area contributed by atoms with Crippen molar-refractivity contribution in [2.45, 2.75) is 213 Å². The summed E-state index contributed by atoms with van der Waals surface area (Å²) in [6.07, 6.45) is 33.7. The maximum absolute atomic E-state index is 11.9. The Labute approximate surface area is 308 Å². The fraction of sp³-hybridized carbons (Fsp3) is 0.800. The summed E-state index contributed by atoms with van der Waals surface area (Å²) < 4.78 is 24.0. The number of methoxy groups -OCH3 is 1. The van der Waals surface area contributed by atoms with Crippen molar-refractivity contribution in [2.24, 2.45) is 11.8 Å². The van der Waals surface area contributed by atoms with E-state index >= 15 is 0 Å². The number of benzene rings is 1. The fourth-order valence-corrected chi connectivity index (χ4v) is 7.98. The average Bonchev–Trinajstić information content (AvgIpc) is 3.73. The Bertz CT molecular complexity index is 1030. The van der Waals surface area contributed by atoms with E-state index in [9.17, 15) is 4.79 Å². The van der Waals surface area contributed by atoms with Crippen LogP contribution in [-0.2, 0) is 25.6 Å². The van der Waals surface area contributed by atoms with Crippen molar-refractivity contribution >= 4 is 5.97 Å². The van der Waals surface area contributed by atoms with Crippen LogP contribution < -0.4 is 4.74 Å². The van der Waals surface area contributed by atoms with E-state index in [1.807, 2.05) is 25.1 Å². The normalized spacial score (nSPS) is 20.9. The molecule has 1 saturated heterocycles. The van der Waals surface area contributed by atoms with Crippen LogP contribution in [0.25, 0.3) is 0 Å². The smallest absolute Gasteiger partial charge is 0.334 e. The van der Waals surface area contributed by atoms with Crippen LogP contribution in [0.5, 0.6) is 5.75 Å².